The number of hydrogen-bond acceptors (Lipinski definition) is 3. The zero-order valence-corrected chi connectivity index (χ0v) is 13.4. The fourth-order valence-corrected chi connectivity index (χ4v) is 3.36. The number of aryl methyl sites for hydroxylation is 2. The van der Waals surface area contributed by atoms with Crippen LogP contribution in [0.4, 0.5) is 0 Å². The SMILES string of the molecule is CNC(C)CNS(=O)(=O)c1cc(C)c(Br)cc1C. The summed E-state index contributed by atoms with van der Waals surface area (Å²) < 4.78 is 27.9. The molecule has 1 aromatic carbocycles. The summed E-state index contributed by atoms with van der Waals surface area (Å²) in [5.74, 6) is 0. The third kappa shape index (κ3) is 3.78. The van der Waals surface area contributed by atoms with Crippen LogP contribution in [0.3, 0.4) is 0 Å². The smallest absolute Gasteiger partial charge is 0.240 e. The predicted molar refractivity (Wildman–Crippen MR) is 77.3 cm³/mol. The van der Waals surface area contributed by atoms with Crippen molar-refractivity contribution < 1.29 is 8.42 Å². The first-order valence-corrected chi connectivity index (χ1v) is 7.99. The van der Waals surface area contributed by atoms with Gasteiger partial charge in [-0.15, -0.1) is 0 Å². The standard InChI is InChI=1S/C12H19BrN2O2S/c1-8-6-12(9(2)5-11(8)13)18(16,17)15-7-10(3)14-4/h5-6,10,14-15H,7H2,1-4H3. The average molecular weight is 335 g/mol. The van der Waals surface area contributed by atoms with Gasteiger partial charge in [0.15, 0.2) is 0 Å². The van der Waals surface area contributed by atoms with Gasteiger partial charge < -0.3 is 5.32 Å². The maximum Gasteiger partial charge on any atom is 0.240 e. The van der Waals surface area contributed by atoms with Gasteiger partial charge in [-0.05, 0) is 51.1 Å². The molecule has 0 fully saturated rings. The minimum Gasteiger partial charge on any atom is -0.316 e. The molecule has 2 N–H and O–H groups in total. The minimum absolute atomic E-state index is 0.0941. The van der Waals surface area contributed by atoms with Gasteiger partial charge in [0.25, 0.3) is 0 Å². The quantitative estimate of drug-likeness (QED) is 0.865. The maximum atomic E-state index is 12.2. The van der Waals surface area contributed by atoms with E-state index in [-0.39, 0.29) is 6.04 Å². The molecule has 1 aromatic rings. The van der Waals surface area contributed by atoms with Crippen molar-refractivity contribution in [3.05, 3.63) is 27.7 Å². The number of benzene rings is 1. The summed E-state index contributed by atoms with van der Waals surface area (Å²) >= 11 is 3.40. The number of sulfonamides is 1. The molecule has 4 nitrogen and oxygen atoms in total. The first kappa shape index (κ1) is 15.6. The Morgan fingerprint density at radius 2 is 1.89 bits per heavy atom. The van der Waals surface area contributed by atoms with Crippen molar-refractivity contribution in [3.8, 4) is 0 Å². The monoisotopic (exact) mass is 334 g/mol. The van der Waals surface area contributed by atoms with Gasteiger partial charge in [-0.2, -0.15) is 0 Å². The molecular weight excluding hydrogens is 316 g/mol. The Kier molecular flexibility index (Phi) is 5.33. The Bertz CT molecular complexity index is 529. The van der Waals surface area contributed by atoms with Gasteiger partial charge in [0.2, 0.25) is 10.0 Å². The maximum absolute atomic E-state index is 12.2. The molecule has 0 amide bonds. The Morgan fingerprint density at radius 3 is 2.44 bits per heavy atom. The number of halogens is 1. The van der Waals surface area contributed by atoms with Crippen LogP contribution in [0.15, 0.2) is 21.5 Å². The molecule has 18 heavy (non-hydrogen) atoms. The van der Waals surface area contributed by atoms with Crippen molar-refractivity contribution in [1.82, 2.24) is 10.0 Å². The fraction of sp³-hybridized carbons (Fsp3) is 0.500. The lowest BCUT2D eigenvalue weighted by Gasteiger charge is -2.14. The first-order valence-electron chi connectivity index (χ1n) is 5.71. The lowest BCUT2D eigenvalue weighted by Crippen LogP contribution is -2.37. The zero-order valence-electron chi connectivity index (χ0n) is 11.0. The van der Waals surface area contributed by atoms with E-state index in [0.29, 0.717) is 11.4 Å². The van der Waals surface area contributed by atoms with E-state index < -0.39 is 10.0 Å². The predicted octanol–water partition coefficient (Wildman–Crippen LogP) is 1.95. The molecule has 102 valence electrons. The Hall–Kier alpha value is -0.430. The number of nitrogens with one attached hydrogen (secondary N) is 2. The highest BCUT2D eigenvalue weighted by Gasteiger charge is 2.18. The van der Waals surface area contributed by atoms with Crippen molar-refractivity contribution in [1.29, 1.82) is 0 Å². The van der Waals surface area contributed by atoms with Crippen molar-refractivity contribution in [2.75, 3.05) is 13.6 Å². The zero-order chi connectivity index (χ0) is 13.9. The van der Waals surface area contributed by atoms with Gasteiger partial charge in [0.1, 0.15) is 0 Å². The summed E-state index contributed by atoms with van der Waals surface area (Å²) in [4.78, 5) is 0.339. The topological polar surface area (TPSA) is 58.2 Å². The van der Waals surface area contributed by atoms with Gasteiger partial charge in [-0.1, -0.05) is 15.9 Å². The Morgan fingerprint density at radius 1 is 1.28 bits per heavy atom. The molecule has 0 heterocycles. The van der Waals surface area contributed by atoms with Gasteiger partial charge >= 0.3 is 0 Å². The summed E-state index contributed by atoms with van der Waals surface area (Å²) in [6.07, 6.45) is 0. The molecular formula is C12H19BrN2O2S. The number of likely N-dealkylation sites (N-methyl/N-ethyl adjacent to an activating group) is 1. The molecule has 0 aliphatic heterocycles. The highest BCUT2D eigenvalue weighted by atomic mass is 79.9. The molecule has 1 atom stereocenters. The number of rotatable bonds is 5. The largest absolute Gasteiger partial charge is 0.316 e. The van der Waals surface area contributed by atoms with E-state index in [1.54, 1.807) is 20.0 Å². The van der Waals surface area contributed by atoms with Crippen LogP contribution in [-0.2, 0) is 10.0 Å². The van der Waals surface area contributed by atoms with E-state index in [1.165, 1.54) is 0 Å². The van der Waals surface area contributed by atoms with Crippen molar-refractivity contribution in [3.63, 3.8) is 0 Å². The molecule has 1 unspecified atom stereocenters. The van der Waals surface area contributed by atoms with Crippen LogP contribution in [0.2, 0.25) is 0 Å². The molecule has 6 heteroatoms. The highest BCUT2D eigenvalue weighted by Crippen LogP contribution is 2.24. The van der Waals surface area contributed by atoms with Crippen LogP contribution in [0.25, 0.3) is 0 Å². The van der Waals surface area contributed by atoms with Gasteiger partial charge in [-0.3, -0.25) is 0 Å². The lowest BCUT2D eigenvalue weighted by molar-refractivity contribution is 0.554. The lowest BCUT2D eigenvalue weighted by atomic mass is 10.2. The average Bonchev–Trinajstić information content (AvgIpc) is 2.30. The third-order valence-corrected chi connectivity index (χ3v) is 5.24. The second-order valence-corrected chi connectivity index (χ2v) is 7.00. The first-order chi connectivity index (χ1) is 8.27. The van der Waals surface area contributed by atoms with E-state index in [9.17, 15) is 8.42 Å². The van der Waals surface area contributed by atoms with E-state index >= 15 is 0 Å². The molecule has 0 spiro atoms. The fourth-order valence-electron chi connectivity index (χ4n) is 1.46. The second kappa shape index (κ2) is 6.14. The molecule has 0 saturated carbocycles. The van der Waals surface area contributed by atoms with Crippen molar-refractivity contribution in [2.45, 2.75) is 31.7 Å². The van der Waals surface area contributed by atoms with Crippen LogP contribution in [-0.4, -0.2) is 28.1 Å². The van der Waals surface area contributed by atoms with E-state index in [4.69, 9.17) is 0 Å². The second-order valence-electron chi connectivity index (χ2n) is 4.41. The summed E-state index contributed by atoms with van der Waals surface area (Å²) in [7, 11) is -1.65. The van der Waals surface area contributed by atoms with Crippen LogP contribution < -0.4 is 10.0 Å². The summed E-state index contributed by atoms with van der Waals surface area (Å²) in [6.45, 7) is 5.95. The van der Waals surface area contributed by atoms with Gasteiger partial charge in [-0.25, -0.2) is 13.1 Å². The van der Waals surface area contributed by atoms with Crippen LogP contribution in [0, 0.1) is 13.8 Å². The number of hydrogen-bond donors (Lipinski definition) is 2. The highest BCUT2D eigenvalue weighted by molar-refractivity contribution is 9.10. The molecule has 0 saturated heterocycles. The third-order valence-electron chi connectivity index (χ3n) is 2.82. The molecule has 1 rings (SSSR count). The molecule has 0 radical (unpaired) electrons. The van der Waals surface area contributed by atoms with Crippen LogP contribution >= 0.6 is 15.9 Å². The summed E-state index contributed by atoms with van der Waals surface area (Å²) in [6, 6.07) is 3.61. The van der Waals surface area contributed by atoms with Crippen LogP contribution in [0.5, 0.6) is 0 Å². The minimum atomic E-state index is -3.45. The van der Waals surface area contributed by atoms with Gasteiger partial charge in [0, 0.05) is 17.1 Å². The Labute approximate surface area is 117 Å². The summed E-state index contributed by atoms with van der Waals surface area (Å²) in [5.41, 5.74) is 1.64. The molecule has 0 aliphatic carbocycles. The van der Waals surface area contributed by atoms with E-state index in [1.807, 2.05) is 19.9 Å². The molecule has 0 bridgehead atoms. The van der Waals surface area contributed by atoms with Crippen molar-refractivity contribution >= 4 is 26.0 Å². The Balaban J connectivity index is 3.02. The normalized spacial score (nSPS) is 13.6. The summed E-state index contributed by atoms with van der Waals surface area (Å²) in [5, 5.41) is 2.99. The van der Waals surface area contributed by atoms with Crippen molar-refractivity contribution in [2.24, 2.45) is 0 Å². The van der Waals surface area contributed by atoms with E-state index in [2.05, 4.69) is 26.0 Å². The van der Waals surface area contributed by atoms with E-state index in [0.717, 1.165) is 15.6 Å². The van der Waals surface area contributed by atoms with Gasteiger partial charge in [0.05, 0.1) is 4.90 Å². The molecule has 0 aliphatic rings. The molecule has 0 aromatic heterocycles. The van der Waals surface area contributed by atoms with Crippen LogP contribution in [0.1, 0.15) is 18.1 Å².